The number of halogens is 1. The third kappa shape index (κ3) is 3.84. The molecule has 0 N–H and O–H groups in total. The maximum atomic E-state index is 3.82. The molecule has 1 heteroatoms. The zero-order valence-electron chi connectivity index (χ0n) is 11.0. The molecule has 1 aliphatic rings. The molecule has 1 aromatic rings. The van der Waals surface area contributed by atoms with Gasteiger partial charge in [0, 0.05) is 4.83 Å². The van der Waals surface area contributed by atoms with Crippen LogP contribution in [-0.2, 0) is 6.42 Å². The monoisotopic (exact) mass is 294 g/mol. The minimum absolute atomic E-state index is 0.751. The summed E-state index contributed by atoms with van der Waals surface area (Å²) in [5, 5.41) is 0. The molecule has 0 heterocycles. The first-order valence-electron chi connectivity index (χ1n) is 6.85. The van der Waals surface area contributed by atoms with Crippen LogP contribution in [0.1, 0.15) is 48.8 Å². The summed E-state index contributed by atoms with van der Waals surface area (Å²) in [4.78, 5) is 0.751. The Balaban J connectivity index is 2.01. The zero-order chi connectivity index (χ0) is 12.3. The minimum atomic E-state index is 0.751. The predicted octanol–water partition coefficient (Wildman–Crippen LogP) is 5.19. The summed E-state index contributed by atoms with van der Waals surface area (Å²) in [6.07, 6.45) is 8.21. The van der Waals surface area contributed by atoms with Gasteiger partial charge in [0.05, 0.1) is 0 Å². The van der Waals surface area contributed by atoms with Crippen molar-refractivity contribution in [1.82, 2.24) is 0 Å². The fraction of sp³-hybridized carbons (Fsp3) is 0.625. The molecule has 17 heavy (non-hydrogen) atoms. The standard InChI is InChI=1S/C16H23Br/c1-12-7-8-15(9-13(12)2)10-14-5-3-4-6-16(17)11-14/h7-9,14,16H,3-6,10-11H2,1-2H3. The molecular formula is C16H23Br. The molecule has 1 aliphatic carbocycles. The van der Waals surface area contributed by atoms with Gasteiger partial charge in [-0.25, -0.2) is 0 Å². The van der Waals surface area contributed by atoms with E-state index in [1.807, 2.05) is 0 Å². The normalized spacial score (nSPS) is 25.6. The first-order valence-corrected chi connectivity index (χ1v) is 7.77. The average molecular weight is 295 g/mol. The van der Waals surface area contributed by atoms with Gasteiger partial charge in [-0.15, -0.1) is 0 Å². The predicted molar refractivity (Wildman–Crippen MR) is 78.9 cm³/mol. The van der Waals surface area contributed by atoms with Crippen LogP contribution in [0.4, 0.5) is 0 Å². The Morgan fingerprint density at radius 3 is 2.65 bits per heavy atom. The van der Waals surface area contributed by atoms with E-state index in [2.05, 4.69) is 48.0 Å². The second-order valence-corrected chi connectivity index (χ2v) is 6.90. The van der Waals surface area contributed by atoms with E-state index >= 15 is 0 Å². The van der Waals surface area contributed by atoms with Crippen molar-refractivity contribution in [2.24, 2.45) is 5.92 Å². The van der Waals surface area contributed by atoms with Crippen LogP contribution in [-0.4, -0.2) is 4.83 Å². The van der Waals surface area contributed by atoms with Crippen molar-refractivity contribution in [3.05, 3.63) is 34.9 Å². The van der Waals surface area contributed by atoms with Crippen LogP contribution in [0, 0.1) is 19.8 Å². The van der Waals surface area contributed by atoms with Crippen molar-refractivity contribution in [3.8, 4) is 0 Å². The molecule has 1 saturated carbocycles. The Hall–Kier alpha value is -0.300. The first-order chi connectivity index (χ1) is 8.15. The fourth-order valence-corrected chi connectivity index (χ4v) is 3.70. The van der Waals surface area contributed by atoms with Crippen molar-refractivity contribution >= 4 is 15.9 Å². The summed E-state index contributed by atoms with van der Waals surface area (Å²) in [5.41, 5.74) is 4.37. The smallest absolute Gasteiger partial charge is 0.0148 e. The summed E-state index contributed by atoms with van der Waals surface area (Å²) < 4.78 is 0. The van der Waals surface area contributed by atoms with Crippen LogP contribution in [0.2, 0.25) is 0 Å². The molecule has 2 rings (SSSR count). The molecule has 0 aliphatic heterocycles. The van der Waals surface area contributed by atoms with Crippen molar-refractivity contribution < 1.29 is 0 Å². The first kappa shape index (κ1) is 13.1. The molecule has 0 aromatic heterocycles. The number of rotatable bonds is 2. The van der Waals surface area contributed by atoms with Crippen LogP contribution in [0.15, 0.2) is 18.2 Å². The highest BCUT2D eigenvalue weighted by molar-refractivity contribution is 9.09. The molecule has 1 fully saturated rings. The highest BCUT2D eigenvalue weighted by atomic mass is 79.9. The summed E-state index contributed by atoms with van der Waals surface area (Å²) in [6.45, 7) is 4.42. The highest BCUT2D eigenvalue weighted by Gasteiger charge is 2.18. The van der Waals surface area contributed by atoms with Gasteiger partial charge in [0.15, 0.2) is 0 Å². The lowest BCUT2D eigenvalue weighted by Crippen LogP contribution is -2.08. The van der Waals surface area contributed by atoms with E-state index in [-0.39, 0.29) is 0 Å². The number of aryl methyl sites for hydroxylation is 2. The maximum absolute atomic E-state index is 3.82. The fourth-order valence-electron chi connectivity index (χ4n) is 2.85. The van der Waals surface area contributed by atoms with E-state index in [1.54, 1.807) is 0 Å². The van der Waals surface area contributed by atoms with Crippen molar-refractivity contribution in [3.63, 3.8) is 0 Å². The second kappa shape index (κ2) is 6.04. The quantitative estimate of drug-likeness (QED) is 0.520. The third-order valence-corrected chi connectivity index (χ3v) is 4.90. The number of hydrogen-bond donors (Lipinski definition) is 0. The zero-order valence-corrected chi connectivity index (χ0v) is 12.6. The van der Waals surface area contributed by atoms with Crippen LogP contribution in [0.25, 0.3) is 0 Å². The van der Waals surface area contributed by atoms with E-state index in [9.17, 15) is 0 Å². The van der Waals surface area contributed by atoms with E-state index in [1.165, 1.54) is 55.2 Å². The molecule has 94 valence electrons. The molecular weight excluding hydrogens is 272 g/mol. The summed E-state index contributed by atoms with van der Waals surface area (Å²) in [5.74, 6) is 0.879. The largest absolute Gasteiger partial charge is 0.0891 e. The molecule has 0 amide bonds. The Morgan fingerprint density at radius 2 is 1.88 bits per heavy atom. The molecule has 0 nitrogen and oxygen atoms in total. The van der Waals surface area contributed by atoms with Gasteiger partial charge in [0.1, 0.15) is 0 Å². The maximum Gasteiger partial charge on any atom is 0.0148 e. The van der Waals surface area contributed by atoms with Gasteiger partial charge in [-0.05, 0) is 55.7 Å². The summed E-state index contributed by atoms with van der Waals surface area (Å²) in [6, 6.07) is 6.97. The molecule has 0 bridgehead atoms. The van der Waals surface area contributed by atoms with Gasteiger partial charge in [-0.1, -0.05) is 53.4 Å². The van der Waals surface area contributed by atoms with Crippen LogP contribution in [0.3, 0.4) is 0 Å². The van der Waals surface area contributed by atoms with Crippen molar-refractivity contribution in [2.45, 2.75) is 57.2 Å². The molecule has 2 atom stereocenters. The SMILES string of the molecule is Cc1ccc(CC2CCCCC(Br)C2)cc1C. The number of benzene rings is 1. The van der Waals surface area contributed by atoms with Crippen molar-refractivity contribution in [2.75, 3.05) is 0 Å². The third-order valence-electron chi connectivity index (χ3n) is 4.06. The summed E-state index contributed by atoms with van der Waals surface area (Å²) >= 11 is 3.82. The lowest BCUT2D eigenvalue weighted by atomic mass is 9.91. The van der Waals surface area contributed by atoms with E-state index in [0.717, 1.165) is 10.7 Å². The lowest BCUT2D eigenvalue weighted by molar-refractivity contribution is 0.463. The van der Waals surface area contributed by atoms with Gasteiger partial charge in [0.2, 0.25) is 0 Å². The molecule has 0 saturated heterocycles. The molecule has 1 aromatic carbocycles. The minimum Gasteiger partial charge on any atom is -0.0891 e. The van der Waals surface area contributed by atoms with Crippen LogP contribution < -0.4 is 0 Å². The van der Waals surface area contributed by atoms with Gasteiger partial charge >= 0.3 is 0 Å². The lowest BCUT2D eigenvalue weighted by Gasteiger charge is -2.16. The Labute approximate surface area is 114 Å². The van der Waals surface area contributed by atoms with Crippen molar-refractivity contribution in [1.29, 1.82) is 0 Å². The Bertz CT molecular complexity index is 370. The highest BCUT2D eigenvalue weighted by Crippen LogP contribution is 2.30. The second-order valence-electron chi connectivity index (χ2n) is 5.61. The van der Waals surface area contributed by atoms with Gasteiger partial charge < -0.3 is 0 Å². The van der Waals surface area contributed by atoms with Gasteiger partial charge in [-0.2, -0.15) is 0 Å². The van der Waals surface area contributed by atoms with E-state index < -0.39 is 0 Å². The molecule has 0 radical (unpaired) electrons. The van der Waals surface area contributed by atoms with Crippen LogP contribution in [0.5, 0.6) is 0 Å². The Kier molecular flexibility index (Phi) is 4.67. The molecule has 2 unspecified atom stereocenters. The van der Waals surface area contributed by atoms with Gasteiger partial charge in [0.25, 0.3) is 0 Å². The van der Waals surface area contributed by atoms with Crippen LogP contribution >= 0.6 is 15.9 Å². The number of alkyl halides is 1. The van der Waals surface area contributed by atoms with Gasteiger partial charge in [-0.3, -0.25) is 0 Å². The topological polar surface area (TPSA) is 0 Å². The van der Waals surface area contributed by atoms with E-state index in [0.29, 0.717) is 0 Å². The number of hydrogen-bond acceptors (Lipinski definition) is 0. The average Bonchev–Trinajstić information content (AvgIpc) is 2.48. The Morgan fingerprint density at radius 1 is 1.12 bits per heavy atom. The summed E-state index contributed by atoms with van der Waals surface area (Å²) in [7, 11) is 0. The van der Waals surface area contributed by atoms with E-state index in [4.69, 9.17) is 0 Å². The molecule has 0 spiro atoms.